The number of anilines is 2. The number of rotatable bonds is 9. The van der Waals surface area contributed by atoms with E-state index >= 15 is 0 Å². The van der Waals surface area contributed by atoms with Crippen LogP contribution in [0.15, 0.2) is 28.9 Å². The van der Waals surface area contributed by atoms with E-state index in [2.05, 4.69) is 32.8 Å². The number of nitrogens with two attached hydrogens (primary N) is 1. The van der Waals surface area contributed by atoms with Crippen molar-refractivity contribution in [1.29, 1.82) is 0 Å². The van der Waals surface area contributed by atoms with E-state index in [0.717, 1.165) is 6.42 Å². The molecule has 0 saturated heterocycles. The maximum Gasteiger partial charge on any atom is 0.413 e. The molecule has 0 bridgehead atoms. The lowest BCUT2D eigenvalue weighted by molar-refractivity contribution is -0.117. The summed E-state index contributed by atoms with van der Waals surface area (Å²) in [5.41, 5.74) is 6.04. The second-order valence-electron chi connectivity index (χ2n) is 11.6. The van der Waals surface area contributed by atoms with Crippen LogP contribution in [0, 0.1) is 0 Å². The molecule has 0 spiro atoms. The maximum absolute atomic E-state index is 12.9. The molecule has 0 aliphatic heterocycles. The van der Waals surface area contributed by atoms with E-state index in [4.69, 9.17) is 15.0 Å². The Labute approximate surface area is 234 Å². The Morgan fingerprint density at radius 1 is 1.10 bits per heavy atom. The largest absolute Gasteiger partial charge is 0.444 e. The monoisotopic (exact) mass is 553 g/mol. The summed E-state index contributed by atoms with van der Waals surface area (Å²) in [5, 5.41) is 13.9. The quantitative estimate of drug-likeness (QED) is 0.317. The Morgan fingerprint density at radius 3 is 2.30 bits per heavy atom. The zero-order valence-electron chi connectivity index (χ0n) is 24.6. The van der Waals surface area contributed by atoms with Crippen molar-refractivity contribution < 1.29 is 23.6 Å². The molecule has 3 amide bonds. The standard InChI is InChI=1S/C28H39N7O5/c1-10-28(8,9)19-13-20(34-40-19)31-25(37)16(4)18-12-11-17(14-30-18)22-21(23(29)36)24(35(33-22)15(2)3)32-26(38)39-27(5,6)7/h11-16H,10H2,1-9H3,(H2,29,36)(H,32,38)(H,31,34,37). The van der Waals surface area contributed by atoms with Gasteiger partial charge in [-0.15, -0.1) is 0 Å². The Balaban J connectivity index is 1.86. The fourth-order valence-corrected chi connectivity index (χ4v) is 3.76. The van der Waals surface area contributed by atoms with Crippen LogP contribution in [0.2, 0.25) is 0 Å². The summed E-state index contributed by atoms with van der Waals surface area (Å²) in [5.74, 6) is -0.543. The van der Waals surface area contributed by atoms with Gasteiger partial charge in [-0.1, -0.05) is 25.9 Å². The minimum atomic E-state index is -0.775. The summed E-state index contributed by atoms with van der Waals surface area (Å²) in [7, 11) is 0. The molecule has 0 aromatic carbocycles. The lowest BCUT2D eigenvalue weighted by atomic mass is 9.87. The first-order valence-corrected chi connectivity index (χ1v) is 13.2. The van der Waals surface area contributed by atoms with Gasteiger partial charge in [-0.2, -0.15) is 5.10 Å². The Bertz CT molecular complexity index is 1380. The first-order valence-electron chi connectivity index (χ1n) is 13.2. The van der Waals surface area contributed by atoms with Crippen LogP contribution >= 0.6 is 0 Å². The molecule has 0 aliphatic rings. The topological polar surface area (TPSA) is 167 Å². The molecule has 1 atom stereocenters. The highest BCUT2D eigenvalue weighted by molar-refractivity contribution is 6.06. The van der Waals surface area contributed by atoms with Crippen LogP contribution < -0.4 is 16.4 Å². The molecule has 12 nitrogen and oxygen atoms in total. The van der Waals surface area contributed by atoms with Gasteiger partial charge in [0, 0.05) is 29.3 Å². The molecule has 0 aliphatic carbocycles. The average Bonchev–Trinajstić information content (AvgIpc) is 3.48. The molecule has 0 saturated carbocycles. The van der Waals surface area contributed by atoms with E-state index in [9.17, 15) is 14.4 Å². The van der Waals surface area contributed by atoms with Crippen molar-refractivity contribution in [2.75, 3.05) is 10.6 Å². The van der Waals surface area contributed by atoms with Crippen molar-refractivity contribution in [2.24, 2.45) is 5.73 Å². The summed E-state index contributed by atoms with van der Waals surface area (Å²) in [6, 6.07) is 4.88. The number of hydrogen-bond acceptors (Lipinski definition) is 8. The first-order chi connectivity index (χ1) is 18.5. The number of carbonyl (C=O) groups is 3. The van der Waals surface area contributed by atoms with E-state index < -0.39 is 23.5 Å². The summed E-state index contributed by atoms with van der Waals surface area (Å²) in [4.78, 5) is 42.4. The minimum absolute atomic E-state index is 0.0248. The molecule has 0 radical (unpaired) electrons. The van der Waals surface area contributed by atoms with Gasteiger partial charge < -0.3 is 20.3 Å². The van der Waals surface area contributed by atoms with Crippen molar-refractivity contribution in [2.45, 2.75) is 91.7 Å². The zero-order valence-corrected chi connectivity index (χ0v) is 24.6. The van der Waals surface area contributed by atoms with Crippen molar-refractivity contribution in [3.8, 4) is 11.3 Å². The van der Waals surface area contributed by atoms with Crippen molar-refractivity contribution in [1.82, 2.24) is 19.9 Å². The molecule has 4 N–H and O–H groups in total. The maximum atomic E-state index is 12.9. The molecule has 12 heteroatoms. The average molecular weight is 554 g/mol. The second kappa shape index (κ2) is 11.5. The highest BCUT2D eigenvalue weighted by Crippen LogP contribution is 2.32. The van der Waals surface area contributed by atoms with Crippen LogP contribution in [0.1, 0.15) is 103 Å². The number of carbonyl (C=O) groups excluding carboxylic acids is 3. The van der Waals surface area contributed by atoms with Gasteiger partial charge in [0.1, 0.15) is 28.4 Å². The van der Waals surface area contributed by atoms with Crippen LogP contribution in [0.5, 0.6) is 0 Å². The number of nitrogens with one attached hydrogen (secondary N) is 2. The van der Waals surface area contributed by atoms with Crippen LogP contribution in [-0.4, -0.2) is 43.4 Å². The molecular weight excluding hydrogens is 514 g/mol. The summed E-state index contributed by atoms with van der Waals surface area (Å²) >= 11 is 0. The molecule has 40 heavy (non-hydrogen) atoms. The molecule has 1 unspecified atom stereocenters. The summed E-state index contributed by atoms with van der Waals surface area (Å²) in [6.45, 7) is 16.8. The van der Waals surface area contributed by atoms with Gasteiger partial charge in [0.2, 0.25) is 5.91 Å². The van der Waals surface area contributed by atoms with Gasteiger partial charge in [0.05, 0.1) is 11.6 Å². The molecule has 3 rings (SSSR count). The van der Waals surface area contributed by atoms with E-state index in [1.807, 2.05) is 27.7 Å². The molecule has 3 heterocycles. The van der Waals surface area contributed by atoms with E-state index in [1.54, 1.807) is 45.9 Å². The van der Waals surface area contributed by atoms with Gasteiger partial charge >= 0.3 is 6.09 Å². The number of hydrogen-bond donors (Lipinski definition) is 3. The third kappa shape index (κ3) is 6.85. The molecule has 216 valence electrons. The number of primary amides is 1. The van der Waals surface area contributed by atoms with Crippen LogP contribution in [-0.2, 0) is 14.9 Å². The predicted octanol–water partition coefficient (Wildman–Crippen LogP) is 5.39. The third-order valence-corrected chi connectivity index (χ3v) is 6.47. The third-order valence-electron chi connectivity index (χ3n) is 6.47. The summed E-state index contributed by atoms with van der Waals surface area (Å²) in [6.07, 6.45) is 1.62. The van der Waals surface area contributed by atoms with Gasteiger partial charge in [-0.05, 0) is 60.1 Å². The molecule has 0 fully saturated rings. The lowest BCUT2D eigenvalue weighted by Gasteiger charge is -2.20. The van der Waals surface area contributed by atoms with Crippen molar-refractivity contribution in [3.05, 3.63) is 41.4 Å². The molecule has 3 aromatic rings. The number of aromatic nitrogens is 4. The highest BCUT2D eigenvalue weighted by atomic mass is 16.6. The Hall–Kier alpha value is -4.22. The fraction of sp³-hybridized carbons (Fsp3) is 0.500. The second-order valence-corrected chi connectivity index (χ2v) is 11.6. The van der Waals surface area contributed by atoms with Gasteiger partial charge in [-0.25, -0.2) is 9.48 Å². The fourth-order valence-electron chi connectivity index (χ4n) is 3.76. The number of amides is 3. The van der Waals surface area contributed by atoms with E-state index in [0.29, 0.717) is 22.8 Å². The Kier molecular flexibility index (Phi) is 8.71. The number of nitrogens with zero attached hydrogens (tertiary/aromatic N) is 4. The van der Waals surface area contributed by atoms with Crippen LogP contribution in [0.4, 0.5) is 16.4 Å². The van der Waals surface area contributed by atoms with E-state index in [-0.39, 0.29) is 34.4 Å². The van der Waals surface area contributed by atoms with Crippen LogP contribution in [0.3, 0.4) is 0 Å². The summed E-state index contributed by atoms with van der Waals surface area (Å²) < 4.78 is 12.3. The van der Waals surface area contributed by atoms with Gasteiger partial charge in [0.25, 0.3) is 5.91 Å². The molecular formula is C28H39N7O5. The lowest BCUT2D eigenvalue weighted by Crippen LogP contribution is -2.29. The van der Waals surface area contributed by atoms with E-state index in [1.165, 1.54) is 10.9 Å². The normalized spacial score (nSPS) is 12.8. The van der Waals surface area contributed by atoms with Crippen molar-refractivity contribution in [3.63, 3.8) is 0 Å². The number of pyridine rings is 1. The number of ether oxygens (including phenoxy) is 1. The first kappa shape index (κ1) is 30.3. The smallest absolute Gasteiger partial charge is 0.413 e. The molecule has 3 aromatic heterocycles. The highest BCUT2D eigenvalue weighted by Gasteiger charge is 2.29. The van der Waals surface area contributed by atoms with Crippen molar-refractivity contribution >= 4 is 29.5 Å². The zero-order chi connectivity index (χ0) is 30.0. The van der Waals surface area contributed by atoms with Gasteiger partial charge in [0.15, 0.2) is 5.82 Å². The van der Waals surface area contributed by atoms with Gasteiger partial charge in [-0.3, -0.25) is 19.9 Å². The Morgan fingerprint density at radius 2 is 1.77 bits per heavy atom. The minimum Gasteiger partial charge on any atom is -0.444 e. The predicted molar refractivity (Wildman–Crippen MR) is 151 cm³/mol. The van der Waals surface area contributed by atoms with Crippen LogP contribution in [0.25, 0.3) is 11.3 Å². The SMILES string of the molecule is CCC(C)(C)c1cc(NC(=O)C(C)c2ccc(-c3nn(C(C)C)c(NC(=O)OC(C)(C)C)c3C(N)=O)cn2)no1.